The predicted octanol–water partition coefficient (Wildman–Crippen LogP) is 4.23. The molecule has 0 aromatic heterocycles. The molecule has 0 unspecified atom stereocenters. The lowest BCUT2D eigenvalue weighted by Gasteiger charge is -2.09. The molecule has 4 heteroatoms. The van der Waals surface area contributed by atoms with Crippen LogP contribution < -0.4 is 4.74 Å². The number of halogens is 2. The molecular weight excluding hydrogens is 247 g/mol. The van der Waals surface area contributed by atoms with Crippen LogP contribution in [-0.2, 0) is 0 Å². The summed E-state index contributed by atoms with van der Waals surface area (Å²) in [7, 11) is 1.51. The summed E-state index contributed by atoms with van der Waals surface area (Å²) in [5, 5.41) is 0.561. The Balaban J connectivity index is 3.07. The standard InChI is InChI=1S/C12H14Cl2O2/c1-7(2)6-9(15)8-4-5-10(16-3)12(14)11(8)13/h4-5,7H,6H2,1-3H3. The van der Waals surface area contributed by atoms with E-state index in [4.69, 9.17) is 27.9 Å². The average Bonchev–Trinajstić information content (AvgIpc) is 2.20. The lowest BCUT2D eigenvalue weighted by Crippen LogP contribution is -2.04. The van der Waals surface area contributed by atoms with Crippen molar-refractivity contribution in [2.24, 2.45) is 5.92 Å². The number of Topliss-reactive ketones (excluding diaryl/α,β-unsaturated/α-hetero) is 1. The summed E-state index contributed by atoms with van der Waals surface area (Å²) in [5.74, 6) is 0.779. The zero-order chi connectivity index (χ0) is 12.3. The van der Waals surface area contributed by atoms with Crippen LogP contribution in [0.2, 0.25) is 10.0 Å². The van der Waals surface area contributed by atoms with Crippen LogP contribution in [-0.4, -0.2) is 12.9 Å². The number of methoxy groups -OCH3 is 1. The van der Waals surface area contributed by atoms with Crippen LogP contribution >= 0.6 is 23.2 Å². The monoisotopic (exact) mass is 260 g/mol. The third kappa shape index (κ3) is 2.89. The van der Waals surface area contributed by atoms with Crippen molar-refractivity contribution in [3.8, 4) is 5.75 Å². The smallest absolute Gasteiger partial charge is 0.164 e. The van der Waals surface area contributed by atoms with Crippen molar-refractivity contribution in [3.05, 3.63) is 27.7 Å². The predicted molar refractivity (Wildman–Crippen MR) is 66.8 cm³/mol. The molecule has 1 aromatic rings. The first-order valence-corrected chi connectivity index (χ1v) is 5.78. The summed E-state index contributed by atoms with van der Waals surface area (Å²) in [6.45, 7) is 3.97. The van der Waals surface area contributed by atoms with E-state index in [1.807, 2.05) is 13.8 Å². The molecule has 0 N–H and O–H groups in total. The Morgan fingerprint density at radius 3 is 2.44 bits per heavy atom. The van der Waals surface area contributed by atoms with Gasteiger partial charge in [0.2, 0.25) is 0 Å². The Morgan fingerprint density at radius 2 is 1.94 bits per heavy atom. The fraction of sp³-hybridized carbons (Fsp3) is 0.417. The zero-order valence-electron chi connectivity index (χ0n) is 9.51. The van der Waals surface area contributed by atoms with Crippen LogP contribution in [0.4, 0.5) is 0 Å². The van der Waals surface area contributed by atoms with Gasteiger partial charge < -0.3 is 4.74 Å². The van der Waals surface area contributed by atoms with Crippen LogP contribution in [0.5, 0.6) is 5.75 Å². The largest absolute Gasteiger partial charge is 0.495 e. The van der Waals surface area contributed by atoms with Gasteiger partial charge in [-0.25, -0.2) is 0 Å². The minimum absolute atomic E-state index is 0.00422. The molecule has 0 saturated carbocycles. The molecule has 0 heterocycles. The number of hydrogen-bond acceptors (Lipinski definition) is 2. The van der Waals surface area contributed by atoms with Crippen molar-refractivity contribution in [3.63, 3.8) is 0 Å². The third-order valence-corrected chi connectivity index (χ3v) is 3.03. The van der Waals surface area contributed by atoms with Gasteiger partial charge >= 0.3 is 0 Å². The Hall–Kier alpha value is -0.730. The molecule has 88 valence electrons. The van der Waals surface area contributed by atoms with Gasteiger partial charge in [0, 0.05) is 12.0 Å². The molecule has 0 atom stereocenters. The lowest BCUT2D eigenvalue weighted by atomic mass is 10.0. The molecule has 0 spiro atoms. The van der Waals surface area contributed by atoms with Crippen molar-refractivity contribution in [2.45, 2.75) is 20.3 Å². The number of hydrogen-bond donors (Lipinski definition) is 0. The maximum Gasteiger partial charge on any atom is 0.164 e. The summed E-state index contributed by atoms with van der Waals surface area (Å²) in [6.07, 6.45) is 0.461. The molecule has 0 bridgehead atoms. The number of carbonyl (C=O) groups excluding carboxylic acids is 1. The highest BCUT2D eigenvalue weighted by molar-refractivity contribution is 6.44. The van der Waals surface area contributed by atoms with Crippen LogP contribution in [0, 0.1) is 5.92 Å². The summed E-state index contributed by atoms with van der Waals surface area (Å²) < 4.78 is 5.01. The first kappa shape index (κ1) is 13.3. The maximum absolute atomic E-state index is 11.8. The lowest BCUT2D eigenvalue weighted by molar-refractivity contribution is 0.0968. The van der Waals surface area contributed by atoms with E-state index < -0.39 is 0 Å². The number of ketones is 1. The van der Waals surface area contributed by atoms with Crippen molar-refractivity contribution < 1.29 is 9.53 Å². The average molecular weight is 261 g/mol. The van der Waals surface area contributed by atoms with Gasteiger partial charge in [-0.2, -0.15) is 0 Å². The second kappa shape index (κ2) is 5.55. The topological polar surface area (TPSA) is 26.3 Å². The molecule has 0 aliphatic heterocycles. The molecule has 0 aliphatic carbocycles. The SMILES string of the molecule is COc1ccc(C(=O)CC(C)C)c(Cl)c1Cl. The van der Waals surface area contributed by atoms with Crippen LogP contribution in [0.15, 0.2) is 12.1 Å². The van der Waals surface area contributed by atoms with Gasteiger partial charge in [-0.1, -0.05) is 37.0 Å². The molecule has 0 radical (unpaired) electrons. The highest BCUT2D eigenvalue weighted by Gasteiger charge is 2.16. The normalized spacial score (nSPS) is 10.6. The fourth-order valence-electron chi connectivity index (χ4n) is 1.39. The Labute approximate surface area is 106 Å². The minimum atomic E-state index is 0.00422. The molecule has 2 nitrogen and oxygen atoms in total. The number of rotatable bonds is 4. The second-order valence-corrected chi connectivity index (χ2v) is 4.72. The molecular formula is C12H14Cl2O2. The summed E-state index contributed by atoms with van der Waals surface area (Å²) in [5.41, 5.74) is 0.459. The number of carbonyl (C=O) groups is 1. The van der Waals surface area contributed by atoms with E-state index in [1.54, 1.807) is 12.1 Å². The fourth-order valence-corrected chi connectivity index (χ4v) is 1.89. The molecule has 0 aliphatic rings. The molecule has 0 saturated heterocycles. The van der Waals surface area contributed by atoms with Crippen LogP contribution in [0.3, 0.4) is 0 Å². The first-order chi connectivity index (χ1) is 7.47. The highest BCUT2D eigenvalue weighted by atomic mass is 35.5. The van der Waals surface area contributed by atoms with Crippen LogP contribution in [0.1, 0.15) is 30.6 Å². The maximum atomic E-state index is 11.8. The zero-order valence-corrected chi connectivity index (χ0v) is 11.0. The van der Waals surface area contributed by atoms with Gasteiger partial charge in [-0.3, -0.25) is 4.79 Å². The molecule has 16 heavy (non-hydrogen) atoms. The van der Waals surface area contributed by atoms with Crippen molar-refractivity contribution in [1.82, 2.24) is 0 Å². The van der Waals surface area contributed by atoms with E-state index in [1.165, 1.54) is 7.11 Å². The van der Waals surface area contributed by atoms with Crippen molar-refractivity contribution in [2.75, 3.05) is 7.11 Å². The van der Waals surface area contributed by atoms with E-state index in [9.17, 15) is 4.79 Å². The van der Waals surface area contributed by atoms with Gasteiger partial charge in [-0.05, 0) is 18.1 Å². The third-order valence-electron chi connectivity index (χ3n) is 2.16. The van der Waals surface area contributed by atoms with E-state index in [0.29, 0.717) is 28.7 Å². The van der Waals surface area contributed by atoms with Crippen molar-refractivity contribution >= 4 is 29.0 Å². The molecule has 1 aromatic carbocycles. The Kier molecular flexibility index (Phi) is 4.63. The number of ether oxygens (including phenoxy) is 1. The van der Waals surface area contributed by atoms with E-state index in [2.05, 4.69) is 0 Å². The molecule has 0 fully saturated rings. The van der Waals surface area contributed by atoms with Gasteiger partial charge in [-0.15, -0.1) is 0 Å². The summed E-state index contributed by atoms with van der Waals surface area (Å²) >= 11 is 12.0. The summed E-state index contributed by atoms with van der Waals surface area (Å²) in [6, 6.07) is 3.31. The van der Waals surface area contributed by atoms with Crippen LogP contribution in [0.25, 0.3) is 0 Å². The van der Waals surface area contributed by atoms with Gasteiger partial charge in [0.15, 0.2) is 5.78 Å². The van der Waals surface area contributed by atoms with Gasteiger partial charge in [0.1, 0.15) is 10.8 Å². The van der Waals surface area contributed by atoms with Crippen molar-refractivity contribution in [1.29, 1.82) is 0 Å². The number of benzene rings is 1. The Morgan fingerprint density at radius 1 is 1.31 bits per heavy atom. The van der Waals surface area contributed by atoms with E-state index in [-0.39, 0.29) is 10.8 Å². The van der Waals surface area contributed by atoms with E-state index in [0.717, 1.165) is 0 Å². The molecule has 0 amide bonds. The molecule has 1 rings (SSSR count). The van der Waals surface area contributed by atoms with Gasteiger partial charge in [0.25, 0.3) is 0 Å². The van der Waals surface area contributed by atoms with Gasteiger partial charge in [0.05, 0.1) is 12.1 Å². The minimum Gasteiger partial charge on any atom is -0.495 e. The second-order valence-electron chi connectivity index (χ2n) is 3.96. The quantitative estimate of drug-likeness (QED) is 0.758. The Bertz CT molecular complexity index is 400. The summed E-state index contributed by atoms with van der Waals surface area (Å²) in [4.78, 5) is 11.8. The van der Waals surface area contributed by atoms with E-state index >= 15 is 0 Å². The first-order valence-electron chi connectivity index (χ1n) is 5.02. The highest BCUT2D eigenvalue weighted by Crippen LogP contribution is 2.35.